The highest BCUT2D eigenvalue weighted by molar-refractivity contribution is 5.70. The van der Waals surface area contributed by atoms with E-state index in [1.807, 2.05) is 30.4 Å². The number of hydrogen-bond acceptors (Lipinski definition) is 2. The van der Waals surface area contributed by atoms with Crippen LogP contribution in [0.2, 0.25) is 0 Å². The Morgan fingerprint density at radius 1 is 1.11 bits per heavy atom. The lowest BCUT2D eigenvalue weighted by Gasteiger charge is -2.20. The van der Waals surface area contributed by atoms with Gasteiger partial charge in [-0.15, -0.1) is 0 Å². The lowest BCUT2D eigenvalue weighted by Crippen LogP contribution is -2.36. The predicted molar refractivity (Wildman–Crippen MR) is 69.1 cm³/mol. The van der Waals surface area contributed by atoms with Crippen molar-refractivity contribution in [3.63, 3.8) is 0 Å². The van der Waals surface area contributed by atoms with Crippen molar-refractivity contribution in [3.05, 3.63) is 60.2 Å². The third kappa shape index (κ3) is 2.16. The molecule has 1 aromatic carbocycles. The summed E-state index contributed by atoms with van der Waals surface area (Å²) in [7, 11) is 0. The molecule has 1 fully saturated rings. The number of benzene rings is 1. The molecule has 2 atom stereocenters. The van der Waals surface area contributed by atoms with Crippen LogP contribution in [-0.2, 0) is 11.2 Å². The zero-order valence-corrected chi connectivity index (χ0v) is 9.95. The highest BCUT2D eigenvalue weighted by Gasteiger charge is 2.38. The summed E-state index contributed by atoms with van der Waals surface area (Å²) in [5.74, 6) is 0.192. The molecule has 0 bridgehead atoms. The number of hydrogen-bond donors (Lipinski definition) is 1. The molecule has 1 N–H and O–H groups in total. The zero-order chi connectivity index (χ0) is 12.4. The quantitative estimate of drug-likeness (QED) is 0.882. The molecule has 0 saturated carbocycles. The van der Waals surface area contributed by atoms with E-state index in [2.05, 4.69) is 29.6 Å². The molecule has 1 aliphatic heterocycles. The van der Waals surface area contributed by atoms with Crippen LogP contribution in [0, 0.1) is 5.92 Å². The minimum Gasteiger partial charge on any atom is -0.443 e. The third-order valence-corrected chi connectivity index (χ3v) is 3.40. The number of amides is 1. The molecular weight excluding hydrogens is 226 g/mol. The Labute approximate surface area is 106 Å². The fourth-order valence-corrected chi connectivity index (χ4v) is 2.52. The van der Waals surface area contributed by atoms with Crippen LogP contribution in [-0.4, -0.2) is 18.2 Å². The van der Waals surface area contributed by atoms with E-state index >= 15 is 0 Å². The lowest BCUT2D eigenvalue weighted by molar-refractivity contribution is 0.117. The molecule has 1 heterocycles. The number of cyclic esters (lactones) is 1. The van der Waals surface area contributed by atoms with Crippen molar-refractivity contribution in [1.82, 2.24) is 5.32 Å². The second kappa shape index (κ2) is 4.69. The van der Waals surface area contributed by atoms with E-state index < -0.39 is 0 Å². The number of alkyl carbamates (subject to hydrolysis) is 1. The standard InChI is InChI=1S/C15H15NO2/c17-15-16-13(10-11-6-2-1-3-7-11)14(18-15)12-8-4-5-9-12/h1-9,12-14H,10H2,(H,16,17)/t13-,14+/m1/s1. The van der Waals surface area contributed by atoms with Gasteiger partial charge in [0.2, 0.25) is 0 Å². The van der Waals surface area contributed by atoms with Crippen LogP contribution in [0.25, 0.3) is 0 Å². The van der Waals surface area contributed by atoms with Crippen molar-refractivity contribution in [1.29, 1.82) is 0 Å². The minimum absolute atomic E-state index is 0.0392. The first-order chi connectivity index (χ1) is 8.83. The van der Waals surface area contributed by atoms with Crippen molar-refractivity contribution in [2.24, 2.45) is 5.92 Å². The molecule has 1 saturated heterocycles. The van der Waals surface area contributed by atoms with E-state index in [0.29, 0.717) is 0 Å². The van der Waals surface area contributed by atoms with Crippen LogP contribution in [0.5, 0.6) is 0 Å². The van der Waals surface area contributed by atoms with Crippen molar-refractivity contribution in [2.75, 3.05) is 0 Å². The van der Waals surface area contributed by atoms with Crippen LogP contribution in [0.4, 0.5) is 4.79 Å². The summed E-state index contributed by atoms with van der Waals surface area (Å²) in [6, 6.07) is 10.2. The normalized spacial score (nSPS) is 26.3. The Kier molecular flexibility index (Phi) is 2.89. The number of rotatable bonds is 3. The molecule has 2 aliphatic rings. The second-order valence-electron chi connectivity index (χ2n) is 4.66. The summed E-state index contributed by atoms with van der Waals surface area (Å²) in [6.45, 7) is 0. The molecule has 3 rings (SSSR count). The first kappa shape index (κ1) is 11.1. The summed E-state index contributed by atoms with van der Waals surface area (Å²) in [4.78, 5) is 11.4. The van der Waals surface area contributed by atoms with Gasteiger partial charge in [-0.3, -0.25) is 0 Å². The van der Waals surface area contributed by atoms with Gasteiger partial charge in [0.15, 0.2) is 0 Å². The Bertz CT molecular complexity index is 480. The maximum Gasteiger partial charge on any atom is 0.407 e. The van der Waals surface area contributed by atoms with Gasteiger partial charge < -0.3 is 10.1 Å². The molecule has 1 amide bonds. The van der Waals surface area contributed by atoms with Gasteiger partial charge in [0.1, 0.15) is 6.10 Å². The molecule has 0 spiro atoms. The molecule has 3 heteroatoms. The van der Waals surface area contributed by atoms with E-state index in [0.717, 1.165) is 6.42 Å². The molecule has 3 nitrogen and oxygen atoms in total. The molecule has 92 valence electrons. The van der Waals surface area contributed by atoms with Gasteiger partial charge in [-0.25, -0.2) is 4.79 Å². The van der Waals surface area contributed by atoms with Crippen molar-refractivity contribution in [2.45, 2.75) is 18.6 Å². The number of ether oxygens (including phenoxy) is 1. The van der Waals surface area contributed by atoms with Gasteiger partial charge in [0, 0.05) is 5.92 Å². The highest BCUT2D eigenvalue weighted by atomic mass is 16.6. The highest BCUT2D eigenvalue weighted by Crippen LogP contribution is 2.25. The van der Waals surface area contributed by atoms with Gasteiger partial charge in [0.25, 0.3) is 0 Å². The third-order valence-electron chi connectivity index (χ3n) is 3.40. The van der Waals surface area contributed by atoms with Crippen LogP contribution in [0.15, 0.2) is 54.6 Å². The number of carbonyl (C=O) groups is 1. The Balaban J connectivity index is 1.75. The topological polar surface area (TPSA) is 38.3 Å². The fourth-order valence-electron chi connectivity index (χ4n) is 2.52. The van der Waals surface area contributed by atoms with E-state index in [1.165, 1.54) is 5.56 Å². The van der Waals surface area contributed by atoms with Gasteiger partial charge >= 0.3 is 6.09 Å². The van der Waals surface area contributed by atoms with Crippen molar-refractivity contribution < 1.29 is 9.53 Å². The Morgan fingerprint density at radius 2 is 1.83 bits per heavy atom. The van der Waals surface area contributed by atoms with E-state index in [1.54, 1.807) is 0 Å². The zero-order valence-electron chi connectivity index (χ0n) is 9.95. The van der Waals surface area contributed by atoms with E-state index in [-0.39, 0.29) is 24.2 Å². The van der Waals surface area contributed by atoms with Crippen molar-refractivity contribution >= 4 is 6.09 Å². The van der Waals surface area contributed by atoms with Crippen LogP contribution < -0.4 is 5.32 Å². The maximum absolute atomic E-state index is 11.4. The van der Waals surface area contributed by atoms with Crippen LogP contribution >= 0.6 is 0 Å². The molecule has 0 aromatic heterocycles. The number of nitrogens with one attached hydrogen (secondary N) is 1. The molecular formula is C15H15NO2. The van der Waals surface area contributed by atoms with E-state index in [9.17, 15) is 4.79 Å². The molecule has 0 radical (unpaired) electrons. The molecule has 1 aromatic rings. The van der Waals surface area contributed by atoms with Gasteiger partial charge in [0.05, 0.1) is 6.04 Å². The first-order valence-electron chi connectivity index (χ1n) is 6.19. The predicted octanol–water partition coefficient (Wildman–Crippen LogP) is 2.45. The number of carbonyl (C=O) groups excluding carboxylic acids is 1. The SMILES string of the molecule is O=C1N[C@H](Cc2ccccc2)[C@H](C2C=CC=C2)O1. The minimum atomic E-state index is -0.311. The summed E-state index contributed by atoms with van der Waals surface area (Å²) >= 11 is 0. The average Bonchev–Trinajstić information content (AvgIpc) is 3.00. The molecule has 18 heavy (non-hydrogen) atoms. The fraction of sp³-hybridized carbons (Fsp3) is 0.267. The average molecular weight is 241 g/mol. The lowest BCUT2D eigenvalue weighted by atomic mass is 9.93. The summed E-state index contributed by atoms with van der Waals surface area (Å²) < 4.78 is 5.38. The molecule has 1 aliphatic carbocycles. The largest absolute Gasteiger partial charge is 0.443 e. The van der Waals surface area contributed by atoms with Crippen LogP contribution in [0.1, 0.15) is 5.56 Å². The van der Waals surface area contributed by atoms with Crippen molar-refractivity contribution in [3.8, 4) is 0 Å². The first-order valence-corrected chi connectivity index (χ1v) is 6.19. The van der Waals surface area contributed by atoms with Gasteiger partial charge in [-0.05, 0) is 12.0 Å². The smallest absolute Gasteiger partial charge is 0.407 e. The Hall–Kier alpha value is -2.03. The van der Waals surface area contributed by atoms with Gasteiger partial charge in [-0.1, -0.05) is 54.6 Å². The summed E-state index contributed by atoms with van der Waals surface area (Å²) in [6.07, 6.45) is 8.52. The summed E-state index contributed by atoms with van der Waals surface area (Å²) in [5.41, 5.74) is 1.21. The number of allylic oxidation sites excluding steroid dienone is 2. The summed E-state index contributed by atoms with van der Waals surface area (Å²) in [5, 5.41) is 2.90. The second-order valence-corrected chi connectivity index (χ2v) is 4.66. The molecule has 0 unspecified atom stereocenters. The Morgan fingerprint density at radius 3 is 2.56 bits per heavy atom. The maximum atomic E-state index is 11.4. The van der Waals surface area contributed by atoms with Gasteiger partial charge in [-0.2, -0.15) is 0 Å². The van der Waals surface area contributed by atoms with E-state index in [4.69, 9.17) is 4.74 Å². The monoisotopic (exact) mass is 241 g/mol. The van der Waals surface area contributed by atoms with Crippen LogP contribution in [0.3, 0.4) is 0 Å².